The first-order valence-electron chi connectivity index (χ1n) is 2.82. The summed E-state index contributed by atoms with van der Waals surface area (Å²) in [6.07, 6.45) is 1.67. The highest BCUT2D eigenvalue weighted by Crippen LogP contribution is 2.19. The van der Waals surface area contributed by atoms with Gasteiger partial charge in [0.1, 0.15) is 6.34 Å². The van der Waals surface area contributed by atoms with Gasteiger partial charge in [-0.05, 0) is 18.9 Å². The van der Waals surface area contributed by atoms with E-state index in [2.05, 4.69) is 10.6 Å². The zero-order valence-electron chi connectivity index (χ0n) is 5.78. The summed E-state index contributed by atoms with van der Waals surface area (Å²) >= 11 is 7.18. The molecule has 0 bridgehead atoms. The fourth-order valence-electron chi connectivity index (χ4n) is 0.512. The lowest BCUT2D eigenvalue weighted by Crippen LogP contribution is -2.35. The van der Waals surface area contributed by atoms with Crippen LogP contribution in [0.25, 0.3) is 0 Å². The first kappa shape index (κ1) is 7.97. The Bertz CT molecular complexity index is 139. The molecule has 0 saturated heterocycles. The van der Waals surface area contributed by atoms with Crippen LogP contribution in [0.2, 0.25) is 0 Å². The molecule has 0 fully saturated rings. The Morgan fingerprint density at radius 2 is 2.50 bits per heavy atom. The predicted molar refractivity (Wildman–Crippen MR) is 44.1 cm³/mol. The van der Waals surface area contributed by atoms with Crippen molar-refractivity contribution in [2.45, 2.75) is 11.6 Å². The first-order chi connectivity index (χ1) is 4.70. The molecule has 0 spiro atoms. The SMILES string of the molecule is CC(Cl)SN1NN=CN1C. The number of hydrogen-bond acceptors (Lipinski definition) is 5. The molecule has 6 heteroatoms. The van der Waals surface area contributed by atoms with Gasteiger partial charge in [0.15, 0.2) is 0 Å². The topological polar surface area (TPSA) is 30.9 Å². The van der Waals surface area contributed by atoms with Crippen LogP contribution < -0.4 is 5.53 Å². The Morgan fingerprint density at radius 3 is 2.90 bits per heavy atom. The average Bonchev–Trinajstić information content (AvgIpc) is 2.15. The predicted octanol–water partition coefficient (Wildman–Crippen LogP) is 0.830. The number of nitrogens with one attached hydrogen (secondary N) is 1. The Balaban J connectivity index is 2.30. The van der Waals surface area contributed by atoms with Gasteiger partial charge in [-0.15, -0.1) is 11.6 Å². The minimum atomic E-state index is 0.0386. The highest BCUT2D eigenvalue weighted by atomic mass is 35.5. The molecular weight excluding hydrogens is 172 g/mol. The van der Waals surface area contributed by atoms with Crippen LogP contribution in [0.5, 0.6) is 0 Å². The van der Waals surface area contributed by atoms with Crippen molar-refractivity contribution in [3.8, 4) is 0 Å². The Kier molecular flexibility index (Phi) is 2.64. The van der Waals surface area contributed by atoms with Gasteiger partial charge in [-0.1, -0.05) is 4.52 Å². The summed E-state index contributed by atoms with van der Waals surface area (Å²) in [5.41, 5.74) is 2.74. The Hall–Kier alpha value is -0.130. The van der Waals surface area contributed by atoms with Gasteiger partial charge in [-0.3, -0.25) is 5.01 Å². The third-order valence-corrected chi connectivity index (χ3v) is 1.97. The van der Waals surface area contributed by atoms with Gasteiger partial charge in [0.05, 0.1) is 4.71 Å². The maximum Gasteiger partial charge on any atom is 0.129 e. The van der Waals surface area contributed by atoms with Crippen molar-refractivity contribution in [2.24, 2.45) is 5.10 Å². The van der Waals surface area contributed by atoms with Crippen LogP contribution in [0.4, 0.5) is 0 Å². The van der Waals surface area contributed by atoms with Crippen LogP contribution in [-0.2, 0) is 0 Å². The Labute approximate surface area is 69.3 Å². The summed E-state index contributed by atoms with van der Waals surface area (Å²) in [5, 5.41) is 5.61. The molecule has 1 aliphatic heterocycles. The van der Waals surface area contributed by atoms with Gasteiger partial charge in [-0.2, -0.15) is 5.10 Å². The van der Waals surface area contributed by atoms with Crippen molar-refractivity contribution in [3.63, 3.8) is 0 Å². The van der Waals surface area contributed by atoms with Crippen molar-refractivity contribution >= 4 is 29.9 Å². The third-order valence-electron chi connectivity index (χ3n) is 0.900. The minimum absolute atomic E-state index is 0.0386. The fraction of sp³-hybridized carbons (Fsp3) is 0.750. The molecule has 0 amide bonds. The molecule has 4 nitrogen and oxygen atoms in total. The molecule has 1 heterocycles. The highest BCUT2D eigenvalue weighted by molar-refractivity contribution is 7.98. The zero-order valence-corrected chi connectivity index (χ0v) is 7.35. The summed E-state index contributed by atoms with van der Waals surface area (Å²) < 4.78 is 1.79. The smallest absolute Gasteiger partial charge is 0.129 e. The van der Waals surface area contributed by atoms with Crippen LogP contribution in [0.1, 0.15) is 6.92 Å². The van der Waals surface area contributed by atoms with Crippen molar-refractivity contribution < 1.29 is 0 Å². The van der Waals surface area contributed by atoms with E-state index >= 15 is 0 Å². The summed E-state index contributed by atoms with van der Waals surface area (Å²) in [6, 6.07) is 0. The van der Waals surface area contributed by atoms with Gasteiger partial charge in [0, 0.05) is 7.05 Å². The first-order valence-corrected chi connectivity index (χ1v) is 4.10. The van der Waals surface area contributed by atoms with E-state index in [9.17, 15) is 0 Å². The summed E-state index contributed by atoms with van der Waals surface area (Å²) in [7, 11) is 1.88. The molecule has 0 radical (unpaired) electrons. The number of rotatable bonds is 2. The average molecular weight is 181 g/mol. The van der Waals surface area contributed by atoms with E-state index in [-0.39, 0.29) is 4.71 Å². The number of hydrazone groups is 1. The molecule has 1 atom stereocenters. The maximum atomic E-state index is 5.72. The molecule has 10 heavy (non-hydrogen) atoms. The molecule has 0 saturated carbocycles. The van der Waals surface area contributed by atoms with Crippen molar-refractivity contribution in [1.29, 1.82) is 0 Å². The van der Waals surface area contributed by atoms with E-state index in [0.717, 1.165) is 0 Å². The molecule has 58 valence electrons. The quantitative estimate of drug-likeness (QED) is 0.504. The van der Waals surface area contributed by atoms with Gasteiger partial charge in [0.25, 0.3) is 0 Å². The van der Waals surface area contributed by atoms with Gasteiger partial charge in [-0.25, -0.2) is 5.53 Å². The fourth-order valence-corrected chi connectivity index (χ4v) is 1.30. The van der Waals surface area contributed by atoms with Crippen molar-refractivity contribution in [3.05, 3.63) is 0 Å². The van der Waals surface area contributed by atoms with Gasteiger partial charge < -0.3 is 0 Å². The number of nitrogens with zero attached hydrogens (tertiary/aromatic N) is 3. The number of alkyl halides is 1. The molecule has 1 unspecified atom stereocenters. The minimum Gasteiger partial charge on any atom is -0.268 e. The molecule has 1 N–H and O–H groups in total. The summed E-state index contributed by atoms with van der Waals surface area (Å²) in [4.78, 5) is 0. The number of hydrazine groups is 2. The zero-order chi connectivity index (χ0) is 7.56. The lowest BCUT2D eigenvalue weighted by atomic mass is 11.0. The van der Waals surface area contributed by atoms with Crippen LogP contribution in [0, 0.1) is 0 Å². The molecule has 0 aliphatic carbocycles. The largest absolute Gasteiger partial charge is 0.268 e. The van der Waals surface area contributed by atoms with Gasteiger partial charge >= 0.3 is 0 Å². The number of hydrogen-bond donors (Lipinski definition) is 1. The third kappa shape index (κ3) is 1.93. The molecule has 0 aromatic carbocycles. The summed E-state index contributed by atoms with van der Waals surface area (Å²) in [5.74, 6) is 0. The van der Waals surface area contributed by atoms with E-state index in [4.69, 9.17) is 11.6 Å². The highest BCUT2D eigenvalue weighted by Gasteiger charge is 2.15. The second-order valence-corrected chi connectivity index (χ2v) is 4.02. The lowest BCUT2D eigenvalue weighted by molar-refractivity contribution is 0.177. The van der Waals surface area contributed by atoms with Gasteiger partial charge in [0.2, 0.25) is 0 Å². The van der Waals surface area contributed by atoms with E-state index in [0.29, 0.717) is 0 Å². The maximum absolute atomic E-state index is 5.72. The van der Waals surface area contributed by atoms with E-state index in [1.165, 1.54) is 11.9 Å². The molecular formula is C4H9ClN4S. The van der Waals surface area contributed by atoms with Crippen LogP contribution in [-0.4, -0.2) is 27.6 Å². The number of halogens is 1. The molecule has 1 aliphatic rings. The second-order valence-electron chi connectivity index (χ2n) is 1.84. The molecule has 0 aromatic rings. The lowest BCUT2D eigenvalue weighted by Gasteiger charge is -2.21. The standard InChI is InChI=1S/C4H9ClN4S/c1-4(5)10-9-7-6-3-8(9)2/h3-4,7H,1-2H3. The van der Waals surface area contributed by atoms with Crippen molar-refractivity contribution in [1.82, 2.24) is 15.1 Å². The Morgan fingerprint density at radius 1 is 1.80 bits per heavy atom. The normalized spacial score (nSPS) is 21.3. The molecule has 1 rings (SSSR count). The monoisotopic (exact) mass is 180 g/mol. The van der Waals surface area contributed by atoms with E-state index in [1.807, 2.05) is 19.0 Å². The summed E-state index contributed by atoms with van der Waals surface area (Å²) in [6.45, 7) is 1.90. The van der Waals surface area contributed by atoms with Crippen molar-refractivity contribution in [2.75, 3.05) is 7.05 Å². The van der Waals surface area contributed by atoms with Crippen LogP contribution in [0.15, 0.2) is 5.10 Å². The van der Waals surface area contributed by atoms with E-state index in [1.54, 1.807) is 10.9 Å². The van der Waals surface area contributed by atoms with Crippen LogP contribution in [0.3, 0.4) is 0 Å². The van der Waals surface area contributed by atoms with Crippen LogP contribution >= 0.6 is 23.5 Å². The molecule has 0 aromatic heterocycles. The second kappa shape index (κ2) is 3.32. The van der Waals surface area contributed by atoms with E-state index < -0.39 is 0 Å².